The molecule has 3 aromatic rings. The van der Waals surface area contributed by atoms with Crippen LogP contribution in [0.2, 0.25) is 5.02 Å². The van der Waals surface area contributed by atoms with Gasteiger partial charge >= 0.3 is 0 Å². The third kappa shape index (κ3) is 5.25. The van der Waals surface area contributed by atoms with Gasteiger partial charge in [-0.3, -0.25) is 4.79 Å². The van der Waals surface area contributed by atoms with Crippen LogP contribution in [0.4, 0.5) is 18.9 Å². The molecule has 1 unspecified atom stereocenters. The minimum Gasteiger partial charge on any atom is -0.481 e. The number of rotatable bonds is 7. The van der Waals surface area contributed by atoms with E-state index < -0.39 is 29.5 Å². The van der Waals surface area contributed by atoms with Crippen LogP contribution in [-0.4, -0.2) is 26.4 Å². The lowest BCUT2D eigenvalue weighted by atomic mass is 10.3. The fourth-order valence-electron chi connectivity index (χ4n) is 2.53. The lowest BCUT2D eigenvalue weighted by Gasteiger charge is -2.15. The highest BCUT2D eigenvalue weighted by molar-refractivity contribution is 7.99. The number of hydrogen-bond acceptors (Lipinski definition) is 5. The van der Waals surface area contributed by atoms with Crippen molar-refractivity contribution in [2.24, 2.45) is 7.05 Å². The molecule has 0 aliphatic heterocycles. The number of nitrogens with one attached hydrogen (secondary N) is 1. The van der Waals surface area contributed by atoms with Crippen molar-refractivity contribution in [2.75, 3.05) is 11.1 Å². The molecule has 1 atom stereocenters. The number of amides is 1. The summed E-state index contributed by atoms with van der Waals surface area (Å²) in [6, 6.07) is 6.67. The fourth-order valence-corrected chi connectivity index (χ4v) is 3.46. The second-order valence-electron chi connectivity index (χ2n) is 6.20. The van der Waals surface area contributed by atoms with Crippen molar-refractivity contribution < 1.29 is 22.7 Å². The summed E-state index contributed by atoms with van der Waals surface area (Å²) in [5.74, 6) is -1.87. The Balaban J connectivity index is 1.61. The summed E-state index contributed by atoms with van der Waals surface area (Å²) in [7, 11) is 1.70. The first-order valence-electron chi connectivity index (χ1n) is 8.63. The zero-order valence-electron chi connectivity index (χ0n) is 15.8. The number of hydrogen-bond donors (Lipinski definition) is 1. The number of nitrogens with zero attached hydrogens (tertiary/aromatic N) is 3. The molecule has 0 saturated carbocycles. The van der Waals surface area contributed by atoms with E-state index in [0.717, 1.165) is 30.0 Å². The maximum absolute atomic E-state index is 13.6. The quantitative estimate of drug-likeness (QED) is 0.519. The second-order valence-corrected chi connectivity index (χ2v) is 7.55. The molecule has 0 radical (unpaired) electrons. The SMILES string of the molecule is CC(Oc1ccc(F)cc1Cl)c1nnc(SCC(=O)Nc2ccc(F)cc2F)n1C. The maximum atomic E-state index is 13.6. The zero-order valence-corrected chi connectivity index (χ0v) is 17.4. The summed E-state index contributed by atoms with van der Waals surface area (Å²) in [5.41, 5.74) is -0.112. The number of thioether (sulfide) groups is 1. The number of carbonyl (C=O) groups is 1. The standard InChI is InChI=1S/C19H16ClF3N4O2S/c1-10(29-16-6-4-11(21)7-13(16)20)18-25-26-19(27(18)2)30-9-17(28)24-15-5-3-12(22)8-14(15)23/h3-8,10H,9H2,1-2H3,(H,24,28). The molecule has 6 nitrogen and oxygen atoms in total. The van der Waals surface area contributed by atoms with Gasteiger partial charge in [-0.05, 0) is 37.3 Å². The van der Waals surface area contributed by atoms with Gasteiger partial charge in [-0.1, -0.05) is 23.4 Å². The molecule has 11 heteroatoms. The molecule has 3 rings (SSSR count). The minimum absolute atomic E-state index is 0.0676. The van der Waals surface area contributed by atoms with Crippen molar-refractivity contribution in [3.05, 3.63) is 64.7 Å². The van der Waals surface area contributed by atoms with Crippen LogP contribution in [0.15, 0.2) is 41.6 Å². The highest BCUT2D eigenvalue weighted by Crippen LogP contribution is 2.30. The number of aromatic nitrogens is 3. The second kappa shape index (κ2) is 9.40. The van der Waals surface area contributed by atoms with Gasteiger partial charge < -0.3 is 14.6 Å². The first-order chi connectivity index (χ1) is 14.2. The summed E-state index contributed by atoms with van der Waals surface area (Å²) in [6.45, 7) is 1.72. The smallest absolute Gasteiger partial charge is 0.234 e. The predicted molar refractivity (Wildman–Crippen MR) is 107 cm³/mol. The number of halogens is 4. The van der Waals surface area contributed by atoms with E-state index >= 15 is 0 Å². The molecule has 2 aromatic carbocycles. The Morgan fingerprint density at radius 1 is 1.20 bits per heavy atom. The van der Waals surface area contributed by atoms with Gasteiger partial charge in [0.15, 0.2) is 17.1 Å². The molecule has 0 bridgehead atoms. The highest BCUT2D eigenvalue weighted by atomic mass is 35.5. The van der Waals surface area contributed by atoms with Crippen LogP contribution in [0.1, 0.15) is 18.9 Å². The number of anilines is 1. The first-order valence-corrected chi connectivity index (χ1v) is 9.99. The van der Waals surface area contributed by atoms with E-state index in [1.54, 1.807) is 18.5 Å². The Morgan fingerprint density at radius 3 is 2.60 bits per heavy atom. The van der Waals surface area contributed by atoms with Gasteiger partial charge in [-0.25, -0.2) is 13.2 Å². The highest BCUT2D eigenvalue weighted by Gasteiger charge is 2.19. The number of ether oxygens (including phenoxy) is 1. The van der Waals surface area contributed by atoms with Gasteiger partial charge in [0.2, 0.25) is 5.91 Å². The third-order valence-corrected chi connectivity index (χ3v) is 5.28. The number of carbonyl (C=O) groups excluding carboxylic acids is 1. The van der Waals surface area contributed by atoms with Crippen LogP contribution in [0.5, 0.6) is 5.75 Å². The molecule has 0 fully saturated rings. The molecule has 1 heterocycles. The van der Waals surface area contributed by atoms with Crippen molar-refractivity contribution in [3.8, 4) is 5.75 Å². The summed E-state index contributed by atoms with van der Waals surface area (Å²) >= 11 is 7.06. The normalized spacial score (nSPS) is 11.9. The van der Waals surface area contributed by atoms with Crippen molar-refractivity contribution in [2.45, 2.75) is 18.2 Å². The van der Waals surface area contributed by atoms with E-state index in [4.69, 9.17) is 16.3 Å². The van der Waals surface area contributed by atoms with Gasteiger partial charge in [0, 0.05) is 13.1 Å². The Kier molecular flexibility index (Phi) is 6.88. The predicted octanol–water partition coefficient (Wildman–Crippen LogP) is 4.76. The number of benzene rings is 2. The van der Waals surface area contributed by atoms with Gasteiger partial charge in [0.05, 0.1) is 16.5 Å². The van der Waals surface area contributed by atoms with Gasteiger partial charge in [-0.2, -0.15) is 0 Å². The average Bonchev–Trinajstić information content (AvgIpc) is 3.05. The Bertz CT molecular complexity index is 1080. The Morgan fingerprint density at radius 2 is 1.90 bits per heavy atom. The molecule has 1 amide bonds. The molecule has 1 aromatic heterocycles. The molecule has 0 spiro atoms. The van der Waals surface area contributed by atoms with Crippen LogP contribution in [0.3, 0.4) is 0 Å². The van der Waals surface area contributed by atoms with Crippen LogP contribution in [-0.2, 0) is 11.8 Å². The summed E-state index contributed by atoms with van der Waals surface area (Å²) < 4.78 is 47.1. The summed E-state index contributed by atoms with van der Waals surface area (Å²) in [5, 5.41) is 11.0. The molecule has 30 heavy (non-hydrogen) atoms. The van der Waals surface area contributed by atoms with E-state index in [1.807, 2.05) is 0 Å². The molecule has 158 valence electrons. The lowest BCUT2D eigenvalue weighted by molar-refractivity contribution is -0.113. The Hall–Kier alpha value is -2.72. The molecular formula is C19H16ClF3N4O2S. The van der Waals surface area contributed by atoms with Crippen molar-refractivity contribution in [1.82, 2.24) is 14.8 Å². The van der Waals surface area contributed by atoms with Crippen molar-refractivity contribution in [3.63, 3.8) is 0 Å². The van der Waals surface area contributed by atoms with Gasteiger partial charge in [0.25, 0.3) is 0 Å². The minimum atomic E-state index is -0.861. The van der Waals surface area contributed by atoms with E-state index in [2.05, 4.69) is 15.5 Å². The molecule has 0 aliphatic carbocycles. The van der Waals surface area contributed by atoms with E-state index in [1.165, 1.54) is 12.1 Å². The van der Waals surface area contributed by atoms with Gasteiger partial charge in [-0.15, -0.1) is 10.2 Å². The zero-order chi connectivity index (χ0) is 21.8. The van der Waals surface area contributed by atoms with Crippen LogP contribution < -0.4 is 10.1 Å². The summed E-state index contributed by atoms with van der Waals surface area (Å²) in [4.78, 5) is 12.1. The average molecular weight is 457 g/mol. The maximum Gasteiger partial charge on any atom is 0.234 e. The molecule has 0 aliphatic rings. The topological polar surface area (TPSA) is 69.0 Å². The lowest BCUT2D eigenvalue weighted by Crippen LogP contribution is -2.16. The molecule has 1 N–H and O–H groups in total. The summed E-state index contributed by atoms with van der Waals surface area (Å²) in [6.07, 6.45) is -0.554. The Labute approximate surface area is 179 Å². The van der Waals surface area contributed by atoms with Crippen LogP contribution >= 0.6 is 23.4 Å². The van der Waals surface area contributed by atoms with E-state index in [-0.39, 0.29) is 16.5 Å². The van der Waals surface area contributed by atoms with Gasteiger partial charge in [0.1, 0.15) is 23.2 Å². The van der Waals surface area contributed by atoms with Crippen molar-refractivity contribution in [1.29, 1.82) is 0 Å². The van der Waals surface area contributed by atoms with Crippen LogP contribution in [0.25, 0.3) is 0 Å². The largest absolute Gasteiger partial charge is 0.481 e. The van der Waals surface area contributed by atoms with Crippen molar-refractivity contribution >= 4 is 35.0 Å². The van der Waals surface area contributed by atoms with E-state index in [9.17, 15) is 18.0 Å². The first kappa shape index (κ1) is 22.0. The molecular weight excluding hydrogens is 441 g/mol. The fraction of sp³-hybridized carbons (Fsp3) is 0.211. The molecule has 0 saturated heterocycles. The monoisotopic (exact) mass is 456 g/mol. The van der Waals surface area contributed by atoms with Crippen LogP contribution in [0, 0.1) is 17.5 Å². The third-order valence-electron chi connectivity index (χ3n) is 3.97. The van der Waals surface area contributed by atoms with E-state index in [0.29, 0.717) is 22.8 Å².